The fourth-order valence-corrected chi connectivity index (χ4v) is 1.56. The molecule has 0 spiro atoms. The first-order chi connectivity index (χ1) is 8.11. The number of nitrogens with one attached hydrogen (secondary N) is 1. The van der Waals surface area contributed by atoms with Crippen LogP contribution in [0.1, 0.15) is 25.8 Å². The molecule has 0 aliphatic carbocycles. The molecule has 3 heteroatoms. The van der Waals surface area contributed by atoms with E-state index in [4.69, 9.17) is 0 Å². The summed E-state index contributed by atoms with van der Waals surface area (Å²) < 4.78 is 0. The molecule has 0 bridgehead atoms. The summed E-state index contributed by atoms with van der Waals surface area (Å²) in [6.45, 7) is 4.26. The normalized spacial score (nSPS) is 12.5. The molecule has 1 atom stereocenters. The van der Waals surface area contributed by atoms with Crippen LogP contribution in [0.2, 0.25) is 0 Å². The lowest BCUT2D eigenvalue weighted by atomic mass is 10.1. The SMILES string of the molecule is CC(C)[C@H](O)C(=O)NCCCc1ccccc1. The highest BCUT2D eigenvalue weighted by molar-refractivity contribution is 5.80. The molecule has 1 aromatic rings. The second-order valence-corrected chi connectivity index (χ2v) is 4.57. The highest BCUT2D eigenvalue weighted by Crippen LogP contribution is 2.03. The van der Waals surface area contributed by atoms with E-state index >= 15 is 0 Å². The molecule has 0 fully saturated rings. The van der Waals surface area contributed by atoms with Crippen LogP contribution in [0.4, 0.5) is 0 Å². The first-order valence-electron chi connectivity index (χ1n) is 6.11. The number of rotatable bonds is 6. The Balaban J connectivity index is 2.18. The smallest absolute Gasteiger partial charge is 0.249 e. The number of aryl methyl sites for hydroxylation is 1. The lowest BCUT2D eigenvalue weighted by molar-refractivity contribution is -0.131. The van der Waals surface area contributed by atoms with Crippen molar-refractivity contribution in [2.45, 2.75) is 32.8 Å². The van der Waals surface area contributed by atoms with Crippen molar-refractivity contribution < 1.29 is 9.90 Å². The second-order valence-electron chi connectivity index (χ2n) is 4.57. The van der Waals surface area contributed by atoms with Crippen LogP contribution in [0.3, 0.4) is 0 Å². The zero-order valence-electron chi connectivity index (χ0n) is 10.5. The summed E-state index contributed by atoms with van der Waals surface area (Å²) in [5.74, 6) is -0.308. The van der Waals surface area contributed by atoms with Crippen molar-refractivity contribution in [2.24, 2.45) is 5.92 Å². The summed E-state index contributed by atoms with van der Waals surface area (Å²) in [7, 11) is 0. The number of aliphatic hydroxyl groups excluding tert-OH is 1. The summed E-state index contributed by atoms with van der Waals surface area (Å²) >= 11 is 0. The van der Waals surface area contributed by atoms with Crippen LogP contribution in [0.25, 0.3) is 0 Å². The minimum Gasteiger partial charge on any atom is -0.383 e. The molecule has 0 heterocycles. The molecule has 0 aliphatic rings. The fourth-order valence-electron chi connectivity index (χ4n) is 1.56. The van der Waals surface area contributed by atoms with E-state index in [1.807, 2.05) is 32.0 Å². The molecule has 2 N–H and O–H groups in total. The largest absolute Gasteiger partial charge is 0.383 e. The third-order valence-electron chi connectivity index (χ3n) is 2.68. The van der Waals surface area contributed by atoms with E-state index in [1.165, 1.54) is 5.56 Å². The van der Waals surface area contributed by atoms with E-state index in [0.29, 0.717) is 6.54 Å². The molecule has 0 aromatic heterocycles. The molecule has 0 saturated carbocycles. The van der Waals surface area contributed by atoms with Gasteiger partial charge in [0, 0.05) is 6.54 Å². The molecule has 0 saturated heterocycles. The minimum atomic E-state index is -0.897. The molecular formula is C14H21NO2. The monoisotopic (exact) mass is 235 g/mol. The van der Waals surface area contributed by atoms with Crippen molar-refractivity contribution in [1.29, 1.82) is 0 Å². The standard InChI is InChI=1S/C14H21NO2/c1-11(2)13(16)14(17)15-10-6-9-12-7-4-3-5-8-12/h3-5,7-8,11,13,16H,6,9-10H2,1-2H3,(H,15,17)/t13-/m0/s1. The average Bonchev–Trinajstić information content (AvgIpc) is 2.34. The van der Waals surface area contributed by atoms with Gasteiger partial charge in [0.15, 0.2) is 0 Å². The third kappa shape index (κ3) is 5.00. The van der Waals surface area contributed by atoms with Gasteiger partial charge in [0.1, 0.15) is 6.10 Å². The molecule has 0 unspecified atom stereocenters. The van der Waals surface area contributed by atoms with Crippen LogP contribution in [0, 0.1) is 5.92 Å². The van der Waals surface area contributed by atoms with Gasteiger partial charge in [0.2, 0.25) is 5.91 Å². The fraction of sp³-hybridized carbons (Fsp3) is 0.500. The number of amides is 1. The van der Waals surface area contributed by atoms with Crippen LogP contribution in [0.5, 0.6) is 0 Å². The van der Waals surface area contributed by atoms with Gasteiger partial charge < -0.3 is 10.4 Å². The van der Waals surface area contributed by atoms with E-state index < -0.39 is 6.10 Å². The highest BCUT2D eigenvalue weighted by Gasteiger charge is 2.17. The Morgan fingerprint density at radius 3 is 2.53 bits per heavy atom. The molecule has 17 heavy (non-hydrogen) atoms. The summed E-state index contributed by atoms with van der Waals surface area (Å²) in [6.07, 6.45) is 0.936. The number of carbonyl (C=O) groups is 1. The number of aliphatic hydroxyl groups is 1. The average molecular weight is 235 g/mol. The first kappa shape index (κ1) is 13.7. The van der Waals surface area contributed by atoms with Gasteiger partial charge in [-0.15, -0.1) is 0 Å². The zero-order valence-corrected chi connectivity index (χ0v) is 10.5. The van der Waals surface area contributed by atoms with Crippen molar-refractivity contribution in [2.75, 3.05) is 6.54 Å². The summed E-state index contributed by atoms with van der Waals surface area (Å²) in [5.41, 5.74) is 1.27. The predicted octanol–water partition coefficient (Wildman–Crippen LogP) is 1.75. The third-order valence-corrected chi connectivity index (χ3v) is 2.68. The molecule has 1 aromatic carbocycles. The summed E-state index contributed by atoms with van der Waals surface area (Å²) in [4.78, 5) is 11.4. The van der Waals surface area contributed by atoms with Crippen LogP contribution in [-0.4, -0.2) is 23.7 Å². The van der Waals surface area contributed by atoms with E-state index in [0.717, 1.165) is 12.8 Å². The van der Waals surface area contributed by atoms with Crippen LogP contribution >= 0.6 is 0 Å². The topological polar surface area (TPSA) is 49.3 Å². The van der Waals surface area contributed by atoms with Crippen molar-refractivity contribution >= 4 is 5.91 Å². The maximum Gasteiger partial charge on any atom is 0.249 e. The number of hydrogen-bond acceptors (Lipinski definition) is 2. The maximum atomic E-state index is 11.4. The van der Waals surface area contributed by atoms with Crippen molar-refractivity contribution in [3.63, 3.8) is 0 Å². The molecule has 3 nitrogen and oxygen atoms in total. The molecule has 0 radical (unpaired) electrons. The lowest BCUT2D eigenvalue weighted by Crippen LogP contribution is -2.38. The Hall–Kier alpha value is -1.35. The van der Waals surface area contributed by atoms with E-state index in [9.17, 15) is 9.90 Å². The number of benzene rings is 1. The van der Waals surface area contributed by atoms with Crippen LogP contribution < -0.4 is 5.32 Å². The van der Waals surface area contributed by atoms with E-state index in [2.05, 4.69) is 17.4 Å². The zero-order chi connectivity index (χ0) is 12.7. The van der Waals surface area contributed by atoms with Gasteiger partial charge in [-0.05, 0) is 24.3 Å². The number of carbonyl (C=O) groups excluding carboxylic acids is 1. The van der Waals surface area contributed by atoms with Gasteiger partial charge in [-0.1, -0.05) is 44.2 Å². The van der Waals surface area contributed by atoms with Gasteiger partial charge in [-0.2, -0.15) is 0 Å². The molecule has 1 rings (SSSR count). The van der Waals surface area contributed by atoms with Gasteiger partial charge in [0.05, 0.1) is 0 Å². The Kier molecular flexibility index (Phi) is 5.70. The van der Waals surface area contributed by atoms with Crippen LogP contribution in [0.15, 0.2) is 30.3 Å². The number of hydrogen-bond donors (Lipinski definition) is 2. The quantitative estimate of drug-likeness (QED) is 0.738. The summed E-state index contributed by atoms with van der Waals surface area (Å²) in [5, 5.41) is 12.2. The Bertz CT molecular complexity index is 335. The van der Waals surface area contributed by atoms with E-state index in [1.54, 1.807) is 0 Å². The predicted molar refractivity (Wildman–Crippen MR) is 68.6 cm³/mol. The van der Waals surface area contributed by atoms with Crippen molar-refractivity contribution in [3.05, 3.63) is 35.9 Å². The second kappa shape index (κ2) is 7.07. The highest BCUT2D eigenvalue weighted by atomic mass is 16.3. The van der Waals surface area contributed by atoms with Gasteiger partial charge in [-0.3, -0.25) is 4.79 Å². The maximum absolute atomic E-state index is 11.4. The lowest BCUT2D eigenvalue weighted by Gasteiger charge is -2.14. The van der Waals surface area contributed by atoms with Crippen molar-refractivity contribution in [1.82, 2.24) is 5.32 Å². The minimum absolute atomic E-state index is 0.0378. The van der Waals surface area contributed by atoms with E-state index in [-0.39, 0.29) is 11.8 Å². The van der Waals surface area contributed by atoms with Gasteiger partial charge in [-0.25, -0.2) is 0 Å². The molecule has 1 amide bonds. The first-order valence-corrected chi connectivity index (χ1v) is 6.11. The molecular weight excluding hydrogens is 214 g/mol. The summed E-state index contributed by atoms with van der Waals surface area (Å²) in [6, 6.07) is 10.2. The Labute approximate surface area is 103 Å². The Morgan fingerprint density at radius 2 is 1.94 bits per heavy atom. The molecule has 94 valence electrons. The van der Waals surface area contributed by atoms with Crippen LogP contribution in [-0.2, 0) is 11.2 Å². The molecule has 0 aliphatic heterocycles. The Morgan fingerprint density at radius 1 is 1.29 bits per heavy atom. The van der Waals surface area contributed by atoms with Gasteiger partial charge >= 0.3 is 0 Å². The van der Waals surface area contributed by atoms with Crippen molar-refractivity contribution in [3.8, 4) is 0 Å². The van der Waals surface area contributed by atoms with Gasteiger partial charge in [0.25, 0.3) is 0 Å².